The van der Waals surface area contributed by atoms with Crippen LogP contribution >= 0.6 is 0 Å². The van der Waals surface area contributed by atoms with Crippen LogP contribution in [0.1, 0.15) is 24.4 Å². The van der Waals surface area contributed by atoms with Crippen LogP contribution in [0.4, 0.5) is 0 Å². The van der Waals surface area contributed by atoms with Crippen LogP contribution in [-0.4, -0.2) is 44.9 Å². The van der Waals surface area contributed by atoms with Gasteiger partial charge in [-0.2, -0.15) is 0 Å². The monoisotopic (exact) mass is 264 g/mol. The molecule has 4 nitrogen and oxygen atoms in total. The zero-order chi connectivity index (χ0) is 13.7. The Morgan fingerprint density at radius 3 is 2.84 bits per heavy atom. The van der Waals surface area contributed by atoms with E-state index in [4.69, 9.17) is 15.2 Å². The fourth-order valence-electron chi connectivity index (χ4n) is 2.56. The fraction of sp³-hybridized carbons (Fsp3) is 0.600. The van der Waals surface area contributed by atoms with E-state index in [0.29, 0.717) is 6.04 Å². The van der Waals surface area contributed by atoms with Gasteiger partial charge in [0.25, 0.3) is 0 Å². The van der Waals surface area contributed by atoms with Gasteiger partial charge in [-0.1, -0.05) is 12.1 Å². The number of likely N-dealkylation sites (N-methyl/N-ethyl adjacent to an activating group) is 1. The van der Waals surface area contributed by atoms with E-state index >= 15 is 0 Å². The molecule has 1 aliphatic heterocycles. The molecule has 0 saturated carbocycles. The maximum absolute atomic E-state index is 6.30. The molecule has 0 spiro atoms. The first-order valence-electron chi connectivity index (χ1n) is 6.88. The van der Waals surface area contributed by atoms with E-state index in [1.807, 2.05) is 18.2 Å². The van der Waals surface area contributed by atoms with Crippen LogP contribution in [0.15, 0.2) is 24.3 Å². The highest BCUT2D eigenvalue weighted by Gasteiger charge is 2.20. The summed E-state index contributed by atoms with van der Waals surface area (Å²) in [7, 11) is 3.83. The van der Waals surface area contributed by atoms with Crippen molar-refractivity contribution < 1.29 is 9.47 Å². The molecule has 106 valence electrons. The van der Waals surface area contributed by atoms with Gasteiger partial charge in [-0.3, -0.25) is 0 Å². The number of rotatable bonds is 5. The summed E-state index contributed by atoms with van der Waals surface area (Å²) in [6.07, 6.45) is 2.20. The second-order valence-corrected chi connectivity index (χ2v) is 5.17. The Hall–Kier alpha value is -1.10. The highest BCUT2D eigenvalue weighted by molar-refractivity contribution is 5.30. The molecule has 1 saturated heterocycles. The Balaban J connectivity index is 1.93. The van der Waals surface area contributed by atoms with Crippen LogP contribution in [0.2, 0.25) is 0 Å². The molecule has 1 unspecified atom stereocenters. The minimum absolute atomic E-state index is 0.0166. The number of hydrogen-bond acceptors (Lipinski definition) is 4. The molecule has 2 N–H and O–H groups in total. The predicted molar refractivity (Wildman–Crippen MR) is 76.4 cm³/mol. The van der Waals surface area contributed by atoms with Crippen molar-refractivity contribution >= 4 is 0 Å². The van der Waals surface area contributed by atoms with Crippen molar-refractivity contribution in [1.29, 1.82) is 0 Å². The van der Waals surface area contributed by atoms with Crippen LogP contribution in [-0.2, 0) is 4.74 Å². The lowest BCUT2D eigenvalue weighted by molar-refractivity contribution is 0.0413. The lowest BCUT2D eigenvalue weighted by atomic mass is 10.0. The van der Waals surface area contributed by atoms with Gasteiger partial charge in [-0.25, -0.2) is 0 Å². The number of nitrogens with zero attached hydrogens (tertiary/aromatic N) is 1. The summed E-state index contributed by atoms with van der Waals surface area (Å²) in [5.41, 5.74) is 7.42. The van der Waals surface area contributed by atoms with Crippen molar-refractivity contribution in [2.24, 2.45) is 5.73 Å². The summed E-state index contributed by atoms with van der Waals surface area (Å²) in [6.45, 7) is 2.59. The highest BCUT2D eigenvalue weighted by atomic mass is 16.5. The van der Waals surface area contributed by atoms with Crippen molar-refractivity contribution in [3.05, 3.63) is 29.8 Å². The standard InChI is InChI=1S/C15H24N2O2/c1-17(13-6-8-19-9-7-13)11-15(16)12-4-3-5-14(10-12)18-2/h3-5,10,13,15H,6-9,11,16H2,1-2H3. The Morgan fingerprint density at radius 2 is 2.16 bits per heavy atom. The summed E-state index contributed by atoms with van der Waals surface area (Å²) in [6, 6.07) is 8.61. The third-order valence-electron chi connectivity index (χ3n) is 3.82. The summed E-state index contributed by atoms with van der Waals surface area (Å²) in [5, 5.41) is 0. The molecule has 0 aliphatic carbocycles. The highest BCUT2D eigenvalue weighted by Crippen LogP contribution is 2.20. The summed E-state index contributed by atoms with van der Waals surface area (Å²) >= 11 is 0. The zero-order valence-corrected chi connectivity index (χ0v) is 11.8. The van der Waals surface area contributed by atoms with Crippen LogP contribution in [0.5, 0.6) is 5.75 Å². The van der Waals surface area contributed by atoms with Gasteiger partial charge in [0, 0.05) is 31.8 Å². The van der Waals surface area contributed by atoms with Crippen molar-refractivity contribution in [3.63, 3.8) is 0 Å². The van der Waals surface area contributed by atoms with Gasteiger partial charge in [-0.05, 0) is 37.6 Å². The Bertz CT molecular complexity index is 391. The lowest BCUT2D eigenvalue weighted by Gasteiger charge is -2.32. The van der Waals surface area contributed by atoms with Gasteiger partial charge < -0.3 is 20.1 Å². The molecule has 1 fully saturated rings. The van der Waals surface area contributed by atoms with Gasteiger partial charge in [0.05, 0.1) is 7.11 Å². The van der Waals surface area contributed by atoms with Gasteiger partial charge in [-0.15, -0.1) is 0 Å². The average Bonchev–Trinajstić information content (AvgIpc) is 2.48. The van der Waals surface area contributed by atoms with Crippen LogP contribution in [0.3, 0.4) is 0 Å². The van der Waals surface area contributed by atoms with E-state index in [1.165, 1.54) is 0 Å². The van der Waals surface area contributed by atoms with E-state index in [1.54, 1.807) is 7.11 Å². The molecule has 0 amide bonds. The maximum atomic E-state index is 6.30. The molecular weight excluding hydrogens is 240 g/mol. The topological polar surface area (TPSA) is 47.7 Å². The molecule has 0 bridgehead atoms. The van der Waals surface area contributed by atoms with Crippen LogP contribution in [0.25, 0.3) is 0 Å². The molecule has 1 atom stereocenters. The molecular formula is C15H24N2O2. The minimum Gasteiger partial charge on any atom is -0.497 e. The van der Waals surface area contributed by atoms with E-state index in [0.717, 1.165) is 43.9 Å². The lowest BCUT2D eigenvalue weighted by Crippen LogP contribution is -2.40. The second-order valence-electron chi connectivity index (χ2n) is 5.17. The van der Waals surface area contributed by atoms with Crippen molar-refractivity contribution in [3.8, 4) is 5.75 Å². The van der Waals surface area contributed by atoms with Crippen molar-refractivity contribution in [2.45, 2.75) is 24.9 Å². The van der Waals surface area contributed by atoms with Crippen molar-refractivity contribution in [2.75, 3.05) is 33.9 Å². The molecule has 4 heteroatoms. The molecule has 2 rings (SSSR count). The minimum atomic E-state index is 0.0166. The van der Waals surface area contributed by atoms with E-state index in [-0.39, 0.29) is 6.04 Å². The predicted octanol–water partition coefficient (Wildman–Crippen LogP) is 1.81. The number of ether oxygens (including phenoxy) is 2. The van der Waals surface area contributed by atoms with E-state index < -0.39 is 0 Å². The third-order valence-corrected chi connectivity index (χ3v) is 3.82. The molecule has 0 aromatic heterocycles. The summed E-state index contributed by atoms with van der Waals surface area (Å²) in [4.78, 5) is 2.35. The largest absolute Gasteiger partial charge is 0.497 e. The Kier molecular flexibility index (Phi) is 5.19. The molecule has 19 heavy (non-hydrogen) atoms. The van der Waals surface area contributed by atoms with E-state index in [2.05, 4.69) is 18.0 Å². The zero-order valence-electron chi connectivity index (χ0n) is 11.8. The number of benzene rings is 1. The number of methoxy groups -OCH3 is 1. The van der Waals surface area contributed by atoms with Gasteiger partial charge >= 0.3 is 0 Å². The molecule has 1 aromatic rings. The first-order valence-corrected chi connectivity index (χ1v) is 6.88. The Morgan fingerprint density at radius 1 is 1.42 bits per heavy atom. The van der Waals surface area contributed by atoms with Gasteiger partial charge in [0.1, 0.15) is 5.75 Å². The first kappa shape index (κ1) is 14.3. The normalized spacial score (nSPS) is 18.5. The number of hydrogen-bond donors (Lipinski definition) is 1. The molecule has 0 radical (unpaired) electrons. The Labute approximate surface area is 115 Å². The summed E-state index contributed by atoms with van der Waals surface area (Å²) < 4.78 is 10.6. The molecule has 1 heterocycles. The smallest absolute Gasteiger partial charge is 0.119 e. The van der Waals surface area contributed by atoms with Gasteiger partial charge in [0.15, 0.2) is 0 Å². The van der Waals surface area contributed by atoms with Crippen molar-refractivity contribution in [1.82, 2.24) is 4.90 Å². The van der Waals surface area contributed by atoms with E-state index in [9.17, 15) is 0 Å². The number of nitrogens with two attached hydrogens (primary N) is 1. The SMILES string of the molecule is COc1cccc(C(N)CN(C)C2CCOCC2)c1. The molecule has 1 aliphatic rings. The summed E-state index contributed by atoms with van der Waals surface area (Å²) in [5.74, 6) is 0.863. The quantitative estimate of drug-likeness (QED) is 0.881. The first-order chi connectivity index (χ1) is 9.20. The van der Waals surface area contributed by atoms with Gasteiger partial charge in [0.2, 0.25) is 0 Å². The third kappa shape index (κ3) is 3.93. The fourth-order valence-corrected chi connectivity index (χ4v) is 2.56. The molecule has 1 aromatic carbocycles. The van der Waals surface area contributed by atoms with Crippen LogP contribution in [0, 0.1) is 0 Å². The second kappa shape index (κ2) is 6.89. The van der Waals surface area contributed by atoms with Crippen LogP contribution < -0.4 is 10.5 Å². The maximum Gasteiger partial charge on any atom is 0.119 e. The average molecular weight is 264 g/mol.